The standard InChI is InChI=1S/C20H24N6O.2ClH/c21-16-10-15(11-16)18-12-19(24-13-23-18)22-8-9-26-20(27)7-6-17(25-26)14-4-2-1-3-5-14;;/h1-5,12-13,15-16H,6-11,21H2,(H,22,23,24);2*1H. The lowest BCUT2D eigenvalue weighted by atomic mass is 9.79. The Morgan fingerprint density at radius 3 is 2.59 bits per heavy atom. The second-order valence-electron chi connectivity index (χ2n) is 7.11. The van der Waals surface area contributed by atoms with Gasteiger partial charge in [-0.1, -0.05) is 30.3 Å². The van der Waals surface area contributed by atoms with Crippen molar-refractivity contribution < 1.29 is 4.79 Å². The Hall–Kier alpha value is -2.22. The third-order valence-corrected chi connectivity index (χ3v) is 5.12. The van der Waals surface area contributed by atoms with Crippen LogP contribution in [0, 0.1) is 0 Å². The van der Waals surface area contributed by atoms with Crippen LogP contribution in [-0.4, -0.2) is 45.7 Å². The molecule has 1 aromatic heterocycles. The summed E-state index contributed by atoms with van der Waals surface area (Å²) in [5.41, 5.74) is 8.93. The molecule has 7 nitrogen and oxygen atoms in total. The Balaban J connectivity index is 0.00000150. The topological polar surface area (TPSA) is 96.5 Å². The Bertz CT molecular complexity index is 842. The van der Waals surface area contributed by atoms with Crippen LogP contribution < -0.4 is 11.1 Å². The molecule has 1 aliphatic heterocycles. The fraction of sp³-hybridized carbons (Fsp3) is 0.400. The smallest absolute Gasteiger partial charge is 0.243 e. The maximum Gasteiger partial charge on any atom is 0.243 e. The van der Waals surface area contributed by atoms with E-state index >= 15 is 0 Å². The van der Waals surface area contributed by atoms with Crippen molar-refractivity contribution in [2.24, 2.45) is 10.8 Å². The highest BCUT2D eigenvalue weighted by molar-refractivity contribution is 6.04. The van der Waals surface area contributed by atoms with Gasteiger partial charge in [-0.25, -0.2) is 15.0 Å². The molecule has 0 unspecified atom stereocenters. The van der Waals surface area contributed by atoms with E-state index in [-0.39, 0.29) is 30.7 Å². The van der Waals surface area contributed by atoms with Crippen molar-refractivity contribution in [3.05, 3.63) is 54.0 Å². The number of carbonyl (C=O) groups is 1. The maximum atomic E-state index is 12.2. The van der Waals surface area contributed by atoms with E-state index in [2.05, 4.69) is 20.4 Å². The average Bonchev–Trinajstić information content (AvgIpc) is 2.68. The number of carbonyl (C=O) groups excluding carboxylic acids is 1. The van der Waals surface area contributed by atoms with Crippen molar-refractivity contribution in [2.75, 3.05) is 18.4 Å². The Morgan fingerprint density at radius 2 is 1.86 bits per heavy atom. The van der Waals surface area contributed by atoms with Gasteiger partial charge >= 0.3 is 0 Å². The van der Waals surface area contributed by atoms with E-state index < -0.39 is 0 Å². The van der Waals surface area contributed by atoms with Gasteiger partial charge in [-0.15, -0.1) is 24.8 Å². The number of hydrogen-bond donors (Lipinski definition) is 2. The van der Waals surface area contributed by atoms with Crippen LogP contribution in [-0.2, 0) is 4.79 Å². The highest BCUT2D eigenvalue weighted by atomic mass is 35.5. The van der Waals surface area contributed by atoms with E-state index in [0.29, 0.717) is 37.9 Å². The first-order valence-corrected chi connectivity index (χ1v) is 9.43. The molecule has 3 N–H and O–H groups in total. The number of rotatable bonds is 6. The number of benzene rings is 1. The Kier molecular flexibility index (Phi) is 8.37. The summed E-state index contributed by atoms with van der Waals surface area (Å²) in [6, 6.07) is 12.3. The molecule has 1 fully saturated rings. The number of halogens is 2. The SMILES string of the molecule is Cl.Cl.NC1CC(c2cc(NCCN3N=C(c4ccccc4)CCC3=O)ncn2)C1. The molecule has 9 heteroatoms. The first-order valence-electron chi connectivity index (χ1n) is 9.43. The lowest BCUT2D eigenvalue weighted by Gasteiger charge is -2.31. The fourth-order valence-electron chi connectivity index (χ4n) is 3.50. The number of hydrazone groups is 1. The molecule has 156 valence electrons. The minimum Gasteiger partial charge on any atom is -0.368 e. The number of aromatic nitrogens is 2. The van der Waals surface area contributed by atoms with Gasteiger partial charge in [-0.3, -0.25) is 4.79 Å². The van der Waals surface area contributed by atoms with Crippen molar-refractivity contribution >= 4 is 42.3 Å². The molecular weight excluding hydrogens is 411 g/mol. The molecule has 2 heterocycles. The number of nitrogens with zero attached hydrogens (tertiary/aromatic N) is 4. The van der Waals surface area contributed by atoms with Gasteiger partial charge in [0, 0.05) is 43.1 Å². The van der Waals surface area contributed by atoms with Gasteiger partial charge in [0.15, 0.2) is 0 Å². The van der Waals surface area contributed by atoms with E-state index in [1.807, 2.05) is 36.4 Å². The quantitative estimate of drug-likeness (QED) is 0.725. The van der Waals surface area contributed by atoms with Gasteiger partial charge in [0.1, 0.15) is 12.1 Å². The Morgan fingerprint density at radius 1 is 1.10 bits per heavy atom. The van der Waals surface area contributed by atoms with Crippen LogP contribution in [0.25, 0.3) is 0 Å². The minimum atomic E-state index is 0. The van der Waals surface area contributed by atoms with Gasteiger partial charge in [-0.2, -0.15) is 5.10 Å². The minimum absolute atomic E-state index is 0. The fourth-order valence-corrected chi connectivity index (χ4v) is 3.50. The monoisotopic (exact) mass is 436 g/mol. The molecule has 29 heavy (non-hydrogen) atoms. The third-order valence-electron chi connectivity index (χ3n) is 5.12. The van der Waals surface area contributed by atoms with E-state index in [9.17, 15) is 4.79 Å². The van der Waals surface area contributed by atoms with Crippen molar-refractivity contribution in [1.82, 2.24) is 15.0 Å². The van der Waals surface area contributed by atoms with Gasteiger partial charge in [0.2, 0.25) is 5.91 Å². The van der Waals surface area contributed by atoms with Crippen molar-refractivity contribution in [1.29, 1.82) is 0 Å². The van der Waals surface area contributed by atoms with Crippen LogP contribution in [0.4, 0.5) is 5.82 Å². The van der Waals surface area contributed by atoms with Crippen LogP contribution >= 0.6 is 24.8 Å². The molecule has 1 aliphatic carbocycles. The summed E-state index contributed by atoms with van der Waals surface area (Å²) in [4.78, 5) is 20.8. The van der Waals surface area contributed by atoms with Gasteiger partial charge in [0.05, 0.1) is 12.3 Å². The number of anilines is 1. The number of amides is 1. The molecular formula is C20H26Cl2N6O. The summed E-state index contributed by atoms with van der Waals surface area (Å²) >= 11 is 0. The summed E-state index contributed by atoms with van der Waals surface area (Å²) in [5.74, 6) is 1.27. The van der Waals surface area contributed by atoms with E-state index in [1.165, 1.54) is 0 Å². The average molecular weight is 437 g/mol. The number of hydrogen-bond acceptors (Lipinski definition) is 6. The summed E-state index contributed by atoms with van der Waals surface area (Å²) in [5, 5.41) is 9.39. The van der Waals surface area contributed by atoms with Crippen LogP contribution in [0.2, 0.25) is 0 Å². The number of nitrogens with one attached hydrogen (secondary N) is 1. The Labute approximate surface area is 183 Å². The highest BCUT2D eigenvalue weighted by Crippen LogP contribution is 2.34. The first-order chi connectivity index (χ1) is 13.2. The lowest BCUT2D eigenvalue weighted by molar-refractivity contribution is -0.131. The zero-order valence-electron chi connectivity index (χ0n) is 16.0. The largest absolute Gasteiger partial charge is 0.368 e. The molecule has 2 aromatic rings. The molecule has 4 rings (SSSR count). The van der Waals surface area contributed by atoms with Gasteiger partial charge in [0.25, 0.3) is 0 Å². The second-order valence-corrected chi connectivity index (χ2v) is 7.11. The van der Waals surface area contributed by atoms with Crippen LogP contribution in [0.5, 0.6) is 0 Å². The van der Waals surface area contributed by atoms with Crippen LogP contribution in [0.1, 0.15) is 42.9 Å². The molecule has 1 saturated carbocycles. The molecule has 1 aromatic carbocycles. The van der Waals surface area contributed by atoms with Gasteiger partial charge in [-0.05, 0) is 18.4 Å². The van der Waals surface area contributed by atoms with E-state index in [0.717, 1.165) is 35.6 Å². The molecule has 1 amide bonds. The van der Waals surface area contributed by atoms with E-state index in [4.69, 9.17) is 5.73 Å². The molecule has 2 aliphatic rings. The summed E-state index contributed by atoms with van der Waals surface area (Å²) < 4.78 is 0. The molecule has 0 radical (unpaired) electrons. The van der Waals surface area contributed by atoms with Crippen molar-refractivity contribution in [2.45, 2.75) is 37.6 Å². The highest BCUT2D eigenvalue weighted by Gasteiger charge is 2.28. The van der Waals surface area contributed by atoms with Crippen molar-refractivity contribution in [3.8, 4) is 0 Å². The zero-order chi connectivity index (χ0) is 18.6. The third kappa shape index (κ3) is 5.65. The lowest BCUT2D eigenvalue weighted by Crippen LogP contribution is -2.35. The van der Waals surface area contributed by atoms with Gasteiger partial charge < -0.3 is 11.1 Å². The molecule has 0 spiro atoms. The van der Waals surface area contributed by atoms with E-state index in [1.54, 1.807) is 11.3 Å². The molecule has 0 saturated heterocycles. The second kappa shape index (κ2) is 10.5. The number of nitrogens with two attached hydrogens (primary N) is 1. The van der Waals surface area contributed by atoms with Crippen LogP contribution in [0.3, 0.4) is 0 Å². The van der Waals surface area contributed by atoms with Crippen molar-refractivity contribution in [3.63, 3.8) is 0 Å². The maximum absolute atomic E-state index is 12.2. The summed E-state index contributed by atoms with van der Waals surface area (Å²) in [6.45, 7) is 1.08. The van der Waals surface area contributed by atoms with Crippen LogP contribution in [0.15, 0.2) is 47.8 Å². The molecule has 0 bridgehead atoms. The normalized spacial score (nSPS) is 20.7. The molecule has 0 atom stereocenters. The summed E-state index contributed by atoms with van der Waals surface area (Å²) in [7, 11) is 0. The predicted molar refractivity (Wildman–Crippen MR) is 119 cm³/mol. The zero-order valence-corrected chi connectivity index (χ0v) is 17.7. The first kappa shape index (κ1) is 23.1. The predicted octanol–water partition coefficient (Wildman–Crippen LogP) is 2.96. The summed E-state index contributed by atoms with van der Waals surface area (Å²) in [6.07, 6.45) is 4.73.